The van der Waals surface area contributed by atoms with Crippen LogP contribution in [0.25, 0.3) is 11.2 Å². The van der Waals surface area contributed by atoms with Crippen LogP contribution in [-0.2, 0) is 30.3 Å². The number of ether oxygens (including phenoxy) is 1. The van der Waals surface area contributed by atoms with Crippen molar-refractivity contribution >= 4 is 22.8 Å². The molecule has 31 heavy (non-hydrogen) atoms. The van der Waals surface area contributed by atoms with E-state index in [1.807, 2.05) is 24.3 Å². The minimum Gasteiger partial charge on any atom is -0.496 e. The number of nitrogens with zero attached hydrogens (tertiary/aromatic N) is 4. The minimum absolute atomic E-state index is 0.0216. The van der Waals surface area contributed by atoms with Gasteiger partial charge >= 0.3 is 5.69 Å². The summed E-state index contributed by atoms with van der Waals surface area (Å²) in [6.07, 6.45) is 0.258. The zero-order valence-corrected chi connectivity index (χ0v) is 17.6. The molecule has 3 aromatic rings. The molecule has 1 aromatic carbocycles. The van der Waals surface area contributed by atoms with Crippen molar-refractivity contribution in [1.29, 1.82) is 0 Å². The first-order chi connectivity index (χ1) is 14.7. The number of nitrogens with one attached hydrogen (secondary N) is 2. The molecule has 2 aromatic heterocycles. The number of fused-ring (bicyclic) bond motifs is 1. The number of carbonyl (C=O) groups excluding carboxylic acids is 1. The van der Waals surface area contributed by atoms with Gasteiger partial charge in [0.25, 0.3) is 11.5 Å². The van der Waals surface area contributed by atoms with E-state index in [9.17, 15) is 14.4 Å². The molecule has 3 heterocycles. The van der Waals surface area contributed by atoms with E-state index < -0.39 is 16.9 Å². The highest BCUT2D eigenvalue weighted by Gasteiger charge is 2.42. The maximum atomic E-state index is 12.8. The topological polar surface area (TPSA) is 133 Å². The lowest BCUT2D eigenvalue weighted by atomic mass is 9.94. The van der Waals surface area contributed by atoms with Crippen molar-refractivity contribution < 1.29 is 14.4 Å². The van der Waals surface area contributed by atoms with Crippen LogP contribution in [-0.4, -0.2) is 43.4 Å². The van der Waals surface area contributed by atoms with E-state index in [-0.39, 0.29) is 30.0 Å². The van der Waals surface area contributed by atoms with Gasteiger partial charge in [0.2, 0.25) is 5.60 Å². The second-order valence-corrected chi connectivity index (χ2v) is 7.51. The summed E-state index contributed by atoms with van der Waals surface area (Å²) in [6, 6.07) is 7.37. The Morgan fingerprint density at radius 1 is 1.29 bits per heavy atom. The molecule has 1 amide bonds. The Morgan fingerprint density at radius 3 is 2.77 bits per heavy atom. The lowest BCUT2D eigenvalue weighted by Crippen LogP contribution is -2.44. The molecule has 2 N–H and O–H groups in total. The molecule has 1 aliphatic heterocycles. The molecule has 0 saturated carbocycles. The maximum absolute atomic E-state index is 12.8. The van der Waals surface area contributed by atoms with E-state index in [0.717, 1.165) is 10.1 Å². The fraction of sp³-hybridized carbons (Fsp3) is 0.350. The van der Waals surface area contributed by atoms with Crippen LogP contribution in [0, 0.1) is 0 Å². The Kier molecular flexibility index (Phi) is 4.88. The van der Waals surface area contributed by atoms with Gasteiger partial charge in [0, 0.05) is 26.1 Å². The number of para-hydroxylation sites is 1. The van der Waals surface area contributed by atoms with Gasteiger partial charge in [0.15, 0.2) is 5.65 Å². The van der Waals surface area contributed by atoms with Crippen molar-refractivity contribution in [1.82, 2.24) is 24.4 Å². The summed E-state index contributed by atoms with van der Waals surface area (Å²) >= 11 is 0. The molecule has 0 fully saturated rings. The van der Waals surface area contributed by atoms with E-state index in [0.29, 0.717) is 17.3 Å². The summed E-state index contributed by atoms with van der Waals surface area (Å²) in [4.78, 5) is 49.8. The van der Waals surface area contributed by atoms with Crippen LogP contribution in [0.3, 0.4) is 0 Å². The zero-order chi connectivity index (χ0) is 22.3. The van der Waals surface area contributed by atoms with Crippen molar-refractivity contribution in [3.8, 4) is 5.75 Å². The third-order valence-electron chi connectivity index (χ3n) is 5.32. The van der Waals surface area contributed by atoms with E-state index >= 15 is 0 Å². The first-order valence-electron chi connectivity index (χ1n) is 9.56. The molecular formula is C20H22N6O5. The molecule has 162 valence electrons. The maximum Gasteiger partial charge on any atom is 0.332 e. The lowest BCUT2D eigenvalue weighted by Gasteiger charge is -2.20. The number of rotatable bonds is 5. The third-order valence-corrected chi connectivity index (χ3v) is 5.32. The van der Waals surface area contributed by atoms with Gasteiger partial charge in [0.05, 0.1) is 19.4 Å². The van der Waals surface area contributed by atoms with Crippen LogP contribution >= 0.6 is 0 Å². The molecule has 4 rings (SSSR count). The predicted octanol–water partition coefficient (Wildman–Crippen LogP) is 0.168. The molecular weight excluding hydrogens is 404 g/mol. The molecule has 1 aliphatic rings. The van der Waals surface area contributed by atoms with E-state index in [1.165, 1.54) is 18.7 Å². The molecule has 11 nitrogen and oxygen atoms in total. The number of aromatic amines is 1. The number of methoxy groups -OCH3 is 1. The van der Waals surface area contributed by atoms with Gasteiger partial charge in [-0.25, -0.2) is 9.78 Å². The largest absolute Gasteiger partial charge is 0.496 e. The highest BCUT2D eigenvalue weighted by molar-refractivity contribution is 6.07. The van der Waals surface area contributed by atoms with Crippen LogP contribution in [0.1, 0.15) is 24.7 Å². The predicted molar refractivity (Wildman–Crippen MR) is 112 cm³/mol. The van der Waals surface area contributed by atoms with Gasteiger partial charge in [-0.2, -0.15) is 0 Å². The molecule has 1 unspecified atom stereocenters. The summed E-state index contributed by atoms with van der Waals surface area (Å²) in [7, 11) is 4.49. The molecule has 0 bridgehead atoms. The van der Waals surface area contributed by atoms with Gasteiger partial charge in [-0.3, -0.25) is 18.7 Å². The van der Waals surface area contributed by atoms with Crippen LogP contribution < -0.4 is 21.3 Å². The smallest absolute Gasteiger partial charge is 0.332 e. The lowest BCUT2D eigenvalue weighted by molar-refractivity contribution is -0.141. The summed E-state index contributed by atoms with van der Waals surface area (Å²) < 4.78 is 7.62. The Balaban J connectivity index is 1.50. The van der Waals surface area contributed by atoms with Crippen LogP contribution in [0.5, 0.6) is 5.75 Å². The minimum atomic E-state index is -1.20. The van der Waals surface area contributed by atoms with E-state index in [1.54, 1.807) is 14.0 Å². The van der Waals surface area contributed by atoms with Gasteiger partial charge in [0.1, 0.15) is 17.1 Å². The highest BCUT2D eigenvalue weighted by Crippen LogP contribution is 2.30. The summed E-state index contributed by atoms with van der Waals surface area (Å²) in [5, 5.41) is 6.84. The number of aryl methyl sites for hydroxylation is 1. The molecule has 0 spiro atoms. The van der Waals surface area contributed by atoms with Crippen LogP contribution in [0.4, 0.5) is 0 Å². The molecule has 0 aliphatic carbocycles. The van der Waals surface area contributed by atoms with Crippen molar-refractivity contribution in [3.05, 3.63) is 56.5 Å². The Morgan fingerprint density at radius 2 is 2.03 bits per heavy atom. The Labute approximate surface area is 176 Å². The summed E-state index contributed by atoms with van der Waals surface area (Å²) in [6.45, 7) is 1.67. The first-order valence-corrected chi connectivity index (χ1v) is 9.56. The SMILES string of the molecule is COc1ccccc1C1=NOC(C)(C(=O)NCc2nc3c([nH]2)c(=O)n(C)c(=O)n3C)C1. The fourth-order valence-electron chi connectivity index (χ4n) is 3.50. The normalized spacial score (nSPS) is 18.0. The fourth-order valence-corrected chi connectivity index (χ4v) is 3.50. The average Bonchev–Trinajstić information content (AvgIpc) is 3.39. The average molecular weight is 426 g/mol. The van der Waals surface area contributed by atoms with Crippen molar-refractivity contribution in [2.45, 2.75) is 25.5 Å². The van der Waals surface area contributed by atoms with Crippen molar-refractivity contribution in [3.63, 3.8) is 0 Å². The first kappa shape index (κ1) is 20.4. The quantitative estimate of drug-likeness (QED) is 0.598. The third kappa shape index (κ3) is 3.37. The summed E-state index contributed by atoms with van der Waals surface area (Å²) in [5.41, 5.74) is -0.378. The Bertz CT molecular complexity index is 1330. The highest BCUT2D eigenvalue weighted by atomic mass is 16.7. The number of hydrogen-bond acceptors (Lipinski definition) is 7. The molecule has 1 atom stereocenters. The van der Waals surface area contributed by atoms with Crippen molar-refractivity contribution in [2.75, 3.05) is 7.11 Å². The summed E-state index contributed by atoms with van der Waals surface area (Å²) in [5.74, 6) is 0.599. The van der Waals surface area contributed by atoms with Crippen LogP contribution in [0.2, 0.25) is 0 Å². The van der Waals surface area contributed by atoms with Gasteiger partial charge in [-0.15, -0.1) is 0 Å². The molecule has 11 heteroatoms. The second kappa shape index (κ2) is 7.42. The number of hydrogen-bond donors (Lipinski definition) is 2. The Hall–Kier alpha value is -3.89. The van der Waals surface area contributed by atoms with E-state index in [2.05, 4.69) is 20.4 Å². The van der Waals surface area contributed by atoms with Crippen LogP contribution in [0.15, 0.2) is 39.0 Å². The number of H-pyrrole nitrogens is 1. The monoisotopic (exact) mass is 426 g/mol. The number of aromatic nitrogens is 4. The standard InChI is InChI=1S/C20H22N6O5/c1-20(9-12(24-31-20)11-7-5-6-8-13(11)30-4)18(28)21-10-14-22-15-16(23-14)25(2)19(29)26(3)17(15)27/h5-8H,9-10H2,1-4H3,(H,21,28)(H,22,23). The second-order valence-electron chi connectivity index (χ2n) is 7.51. The number of imidazole rings is 1. The zero-order valence-electron chi connectivity index (χ0n) is 17.6. The molecule has 0 saturated heterocycles. The number of benzene rings is 1. The number of oxime groups is 1. The van der Waals surface area contributed by atoms with Gasteiger partial charge < -0.3 is 19.9 Å². The number of amides is 1. The van der Waals surface area contributed by atoms with Gasteiger partial charge in [-0.1, -0.05) is 17.3 Å². The number of carbonyl (C=O) groups is 1. The van der Waals surface area contributed by atoms with Gasteiger partial charge in [-0.05, 0) is 19.1 Å². The van der Waals surface area contributed by atoms with E-state index in [4.69, 9.17) is 9.57 Å². The molecule has 0 radical (unpaired) electrons. The van der Waals surface area contributed by atoms with Crippen molar-refractivity contribution in [2.24, 2.45) is 19.3 Å².